The van der Waals surface area contributed by atoms with E-state index in [1.165, 1.54) is 37.5 Å². The van der Waals surface area contributed by atoms with E-state index < -0.39 is 14.9 Å². The zero-order chi connectivity index (χ0) is 14.0. The molecule has 0 unspecified atom stereocenters. The Labute approximate surface area is 108 Å². The summed E-state index contributed by atoms with van der Waals surface area (Å²) in [6, 6.07) is 3.89. The lowest BCUT2D eigenvalue weighted by atomic mass is 10.2. The number of rotatable bonds is 4. The van der Waals surface area contributed by atoms with E-state index in [9.17, 15) is 18.5 Å². The standard InChI is InChI=1S/C10H10N4O4S/c1-7-9(14(15)16)3-2-4-10(7)19(17,18)13-8-5-11-12-6-8/h2-6,13H,1H3,(H,11,12). The zero-order valence-electron chi connectivity index (χ0n) is 9.82. The number of benzene rings is 1. The van der Waals surface area contributed by atoms with Crippen LogP contribution in [-0.2, 0) is 10.0 Å². The Morgan fingerprint density at radius 3 is 2.74 bits per heavy atom. The van der Waals surface area contributed by atoms with Crippen LogP contribution in [0.2, 0.25) is 0 Å². The summed E-state index contributed by atoms with van der Waals surface area (Å²) >= 11 is 0. The molecule has 0 radical (unpaired) electrons. The maximum absolute atomic E-state index is 12.1. The summed E-state index contributed by atoms with van der Waals surface area (Å²) in [6.45, 7) is 1.39. The number of H-pyrrole nitrogens is 1. The van der Waals surface area contributed by atoms with Crippen molar-refractivity contribution in [3.8, 4) is 0 Å². The van der Waals surface area contributed by atoms with E-state index in [2.05, 4.69) is 14.9 Å². The van der Waals surface area contributed by atoms with Crippen molar-refractivity contribution in [1.29, 1.82) is 0 Å². The number of nitrogens with one attached hydrogen (secondary N) is 2. The summed E-state index contributed by atoms with van der Waals surface area (Å²) in [5.74, 6) is 0. The van der Waals surface area contributed by atoms with Crippen molar-refractivity contribution in [2.75, 3.05) is 4.72 Å². The minimum absolute atomic E-state index is 0.0866. The van der Waals surface area contributed by atoms with Gasteiger partial charge in [-0.1, -0.05) is 6.07 Å². The fourth-order valence-corrected chi connectivity index (χ4v) is 2.91. The maximum atomic E-state index is 12.1. The first-order valence-electron chi connectivity index (χ1n) is 5.17. The Bertz CT molecular complexity index is 709. The summed E-state index contributed by atoms with van der Waals surface area (Å²) < 4.78 is 26.5. The summed E-state index contributed by atoms with van der Waals surface area (Å²) in [7, 11) is -3.88. The molecular weight excluding hydrogens is 272 g/mol. The number of hydrogen-bond acceptors (Lipinski definition) is 5. The van der Waals surface area contributed by atoms with Crippen molar-refractivity contribution < 1.29 is 13.3 Å². The maximum Gasteiger partial charge on any atom is 0.273 e. The van der Waals surface area contributed by atoms with Crippen LogP contribution in [0.15, 0.2) is 35.5 Å². The largest absolute Gasteiger partial charge is 0.284 e. The molecule has 100 valence electrons. The minimum atomic E-state index is -3.88. The quantitative estimate of drug-likeness (QED) is 0.649. The molecule has 0 fully saturated rings. The van der Waals surface area contributed by atoms with Gasteiger partial charge in [-0.2, -0.15) is 5.10 Å². The van der Waals surface area contributed by atoms with Crippen molar-refractivity contribution in [3.63, 3.8) is 0 Å². The van der Waals surface area contributed by atoms with Crippen molar-refractivity contribution in [3.05, 3.63) is 46.3 Å². The highest BCUT2D eigenvalue weighted by Gasteiger charge is 2.23. The average Bonchev–Trinajstić information content (AvgIpc) is 2.80. The van der Waals surface area contributed by atoms with Crippen LogP contribution in [-0.4, -0.2) is 23.5 Å². The first kappa shape index (κ1) is 13.0. The van der Waals surface area contributed by atoms with Gasteiger partial charge in [0.1, 0.15) is 0 Å². The fourth-order valence-electron chi connectivity index (χ4n) is 1.61. The molecule has 0 saturated heterocycles. The molecule has 2 N–H and O–H groups in total. The van der Waals surface area contributed by atoms with Gasteiger partial charge in [0.25, 0.3) is 15.7 Å². The number of nitro groups is 1. The monoisotopic (exact) mass is 282 g/mol. The second-order valence-corrected chi connectivity index (χ2v) is 5.40. The molecule has 1 heterocycles. The molecule has 0 atom stereocenters. The molecule has 0 aliphatic rings. The van der Waals surface area contributed by atoms with E-state index in [1.807, 2.05) is 0 Å². The van der Waals surface area contributed by atoms with E-state index in [0.29, 0.717) is 0 Å². The van der Waals surface area contributed by atoms with Crippen LogP contribution in [0.25, 0.3) is 0 Å². The number of hydrogen-bond donors (Lipinski definition) is 2. The number of aromatic nitrogens is 2. The predicted molar refractivity (Wildman–Crippen MR) is 67.2 cm³/mol. The molecule has 0 saturated carbocycles. The highest BCUT2D eigenvalue weighted by atomic mass is 32.2. The third-order valence-corrected chi connectivity index (χ3v) is 4.02. The van der Waals surface area contributed by atoms with Crippen LogP contribution in [0.4, 0.5) is 11.4 Å². The van der Waals surface area contributed by atoms with Gasteiger partial charge in [0.15, 0.2) is 0 Å². The Kier molecular flexibility index (Phi) is 3.21. The molecule has 19 heavy (non-hydrogen) atoms. The number of anilines is 1. The van der Waals surface area contributed by atoms with Gasteiger partial charge in [0.2, 0.25) is 0 Å². The third-order valence-electron chi connectivity index (χ3n) is 2.49. The molecule has 0 spiro atoms. The van der Waals surface area contributed by atoms with Crippen LogP contribution in [0.5, 0.6) is 0 Å². The van der Waals surface area contributed by atoms with Gasteiger partial charge in [0.05, 0.1) is 21.7 Å². The van der Waals surface area contributed by atoms with Gasteiger partial charge in [-0.3, -0.25) is 19.9 Å². The normalized spacial score (nSPS) is 11.2. The van der Waals surface area contributed by atoms with E-state index in [-0.39, 0.29) is 21.8 Å². The number of aromatic amines is 1. The number of sulfonamides is 1. The molecule has 9 heteroatoms. The smallest absolute Gasteiger partial charge is 0.273 e. The lowest BCUT2D eigenvalue weighted by Gasteiger charge is -2.08. The Hall–Kier alpha value is -2.42. The molecular formula is C10H10N4O4S. The fraction of sp³-hybridized carbons (Fsp3) is 0.100. The van der Waals surface area contributed by atoms with Crippen LogP contribution in [0, 0.1) is 17.0 Å². The molecule has 0 aliphatic heterocycles. The molecule has 0 aliphatic carbocycles. The number of nitrogens with zero attached hydrogens (tertiary/aromatic N) is 2. The molecule has 0 bridgehead atoms. The van der Waals surface area contributed by atoms with Crippen LogP contribution >= 0.6 is 0 Å². The van der Waals surface area contributed by atoms with E-state index in [0.717, 1.165) is 0 Å². The van der Waals surface area contributed by atoms with Gasteiger partial charge in [-0.15, -0.1) is 0 Å². The highest BCUT2D eigenvalue weighted by Crippen LogP contribution is 2.26. The van der Waals surface area contributed by atoms with Gasteiger partial charge >= 0.3 is 0 Å². The molecule has 2 rings (SSSR count). The molecule has 2 aromatic rings. The molecule has 8 nitrogen and oxygen atoms in total. The SMILES string of the molecule is Cc1c([N+](=O)[O-])cccc1S(=O)(=O)Nc1cn[nH]c1. The van der Waals surface area contributed by atoms with Crippen molar-refractivity contribution in [2.24, 2.45) is 0 Å². The Morgan fingerprint density at radius 2 is 2.16 bits per heavy atom. The minimum Gasteiger partial charge on any atom is -0.284 e. The second-order valence-electron chi connectivity index (χ2n) is 3.75. The summed E-state index contributed by atoms with van der Waals surface area (Å²) in [6.07, 6.45) is 2.66. The molecule has 1 aromatic heterocycles. The summed E-state index contributed by atoms with van der Waals surface area (Å²) in [5, 5.41) is 16.9. The first-order chi connectivity index (χ1) is 8.92. The van der Waals surface area contributed by atoms with Gasteiger partial charge in [-0.25, -0.2) is 8.42 Å². The van der Waals surface area contributed by atoms with Gasteiger partial charge in [0, 0.05) is 17.8 Å². The first-order valence-corrected chi connectivity index (χ1v) is 6.66. The lowest BCUT2D eigenvalue weighted by Crippen LogP contribution is -2.14. The van der Waals surface area contributed by atoms with Crippen molar-refractivity contribution in [2.45, 2.75) is 11.8 Å². The molecule has 1 aromatic carbocycles. The van der Waals surface area contributed by atoms with Gasteiger partial charge in [-0.05, 0) is 13.0 Å². The highest BCUT2D eigenvalue weighted by molar-refractivity contribution is 7.92. The second kappa shape index (κ2) is 4.69. The Morgan fingerprint density at radius 1 is 1.42 bits per heavy atom. The van der Waals surface area contributed by atoms with Gasteiger partial charge < -0.3 is 0 Å². The summed E-state index contributed by atoms with van der Waals surface area (Å²) in [5.41, 5.74) is 0.101. The number of nitro benzene ring substituents is 1. The third kappa shape index (κ3) is 2.55. The average molecular weight is 282 g/mol. The van der Waals surface area contributed by atoms with E-state index in [4.69, 9.17) is 0 Å². The summed E-state index contributed by atoms with van der Waals surface area (Å²) in [4.78, 5) is 10.0. The topological polar surface area (TPSA) is 118 Å². The molecule has 0 amide bonds. The zero-order valence-corrected chi connectivity index (χ0v) is 10.6. The van der Waals surface area contributed by atoms with Crippen LogP contribution in [0.3, 0.4) is 0 Å². The van der Waals surface area contributed by atoms with E-state index in [1.54, 1.807) is 0 Å². The van der Waals surface area contributed by atoms with Crippen molar-refractivity contribution in [1.82, 2.24) is 10.2 Å². The van der Waals surface area contributed by atoms with Crippen molar-refractivity contribution >= 4 is 21.4 Å². The van der Waals surface area contributed by atoms with Crippen LogP contribution in [0.1, 0.15) is 5.56 Å². The van der Waals surface area contributed by atoms with E-state index >= 15 is 0 Å². The lowest BCUT2D eigenvalue weighted by molar-refractivity contribution is -0.385. The van der Waals surface area contributed by atoms with Crippen LogP contribution < -0.4 is 4.72 Å². The predicted octanol–water partition coefficient (Wildman–Crippen LogP) is 1.43. The Balaban J connectivity index is 2.47.